The summed E-state index contributed by atoms with van der Waals surface area (Å²) in [5.74, 6) is 0. The highest BCUT2D eigenvalue weighted by atomic mass is 16.3. The maximum Gasteiger partial charge on any atom is 0.213 e. The van der Waals surface area contributed by atoms with Crippen molar-refractivity contribution in [2.75, 3.05) is 0 Å². The van der Waals surface area contributed by atoms with Gasteiger partial charge < -0.3 is 4.42 Å². The molecule has 0 N–H and O–H groups in total. The quantitative estimate of drug-likeness (QED) is 0.215. The number of hydrogen-bond donors (Lipinski definition) is 0. The van der Waals surface area contributed by atoms with Gasteiger partial charge in [-0.15, -0.1) is 0 Å². The maximum absolute atomic E-state index is 6.57. The number of nitrogens with zero attached hydrogens (tertiary/aromatic N) is 2. The van der Waals surface area contributed by atoms with E-state index < -0.39 is 0 Å². The molecule has 3 nitrogen and oxygen atoms in total. The van der Waals surface area contributed by atoms with Crippen molar-refractivity contribution in [3.63, 3.8) is 0 Å². The van der Waals surface area contributed by atoms with Gasteiger partial charge in [-0.05, 0) is 63.4 Å². The Hall–Kier alpha value is -4.24. The average Bonchev–Trinajstić information content (AvgIpc) is 3.30. The second kappa shape index (κ2) is 9.45. The molecule has 40 heavy (non-hydrogen) atoms. The van der Waals surface area contributed by atoms with E-state index in [1.165, 1.54) is 22.4 Å². The minimum absolute atomic E-state index is 0.0139. The van der Waals surface area contributed by atoms with Crippen LogP contribution in [-0.4, -0.2) is 4.98 Å². The van der Waals surface area contributed by atoms with Crippen LogP contribution in [0.4, 0.5) is 0 Å². The van der Waals surface area contributed by atoms with Gasteiger partial charge in [0.05, 0.1) is 16.8 Å². The van der Waals surface area contributed by atoms with Crippen molar-refractivity contribution in [1.29, 1.82) is 0 Å². The number of benzene rings is 3. The lowest BCUT2D eigenvalue weighted by Gasteiger charge is -2.23. The molecule has 3 heterocycles. The number of para-hydroxylation sites is 1. The molecule has 0 aliphatic heterocycles. The van der Waals surface area contributed by atoms with Gasteiger partial charge in [0.2, 0.25) is 5.69 Å². The second-order valence-corrected chi connectivity index (χ2v) is 12.8. The summed E-state index contributed by atoms with van der Waals surface area (Å²) in [4.78, 5) is 4.81. The molecule has 200 valence electrons. The smallest absolute Gasteiger partial charge is 0.213 e. The summed E-state index contributed by atoms with van der Waals surface area (Å²) < 4.78 is 8.80. The molecule has 0 fully saturated rings. The highest BCUT2D eigenvalue weighted by Crippen LogP contribution is 2.44. The fraction of sp³-hybridized carbons (Fsp3) is 0.243. The van der Waals surface area contributed by atoms with Gasteiger partial charge in [-0.3, -0.25) is 4.98 Å². The lowest BCUT2D eigenvalue weighted by Crippen LogP contribution is -2.32. The van der Waals surface area contributed by atoms with Crippen molar-refractivity contribution >= 4 is 21.9 Å². The van der Waals surface area contributed by atoms with Crippen molar-refractivity contribution < 1.29 is 8.98 Å². The van der Waals surface area contributed by atoms with E-state index in [1.54, 1.807) is 0 Å². The van der Waals surface area contributed by atoms with Crippen molar-refractivity contribution in [2.45, 2.75) is 52.4 Å². The van der Waals surface area contributed by atoms with E-state index in [9.17, 15) is 0 Å². The topological polar surface area (TPSA) is 29.9 Å². The van der Waals surface area contributed by atoms with E-state index in [2.05, 4.69) is 120 Å². The Bertz CT molecular complexity index is 1870. The number of pyridine rings is 2. The SMILES string of the molecule is C[n+]1ccc(C(C)(C)C)cc1-c1cc(C(C)(C)C)ccc1-c1ccc2c(oc3ccccc32)c1-c1ccccn1. The minimum Gasteiger partial charge on any atom is -0.455 e. The normalized spacial score (nSPS) is 12.4. The molecule has 0 bridgehead atoms. The third-order valence-corrected chi connectivity index (χ3v) is 7.94. The number of rotatable bonds is 3. The van der Waals surface area contributed by atoms with Crippen molar-refractivity contribution in [1.82, 2.24) is 4.98 Å². The van der Waals surface area contributed by atoms with Crippen LogP contribution in [0.15, 0.2) is 102 Å². The Labute approximate surface area is 237 Å². The molecule has 3 heteroatoms. The zero-order chi connectivity index (χ0) is 28.2. The van der Waals surface area contributed by atoms with Gasteiger partial charge >= 0.3 is 0 Å². The van der Waals surface area contributed by atoms with Crippen molar-refractivity contribution in [3.05, 3.63) is 108 Å². The molecule has 6 rings (SSSR count). The summed E-state index contributed by atoms with van der Waals surface area (Å²) in [7, 11) is 2.14. The van der Waals surface area contributed by atoms with E-state index in [0.717, 1.165) is 44.3 Å². The largest absolute Gasteiger partial charge is 0.455 e. The molecule has 6 aromatic rings. The molecule has 0 spiro atoms. The molecule has 0 aliphatic rings. The third-order valence-electron chi connectivity index (χ3n) is 7.94. The molecular weight excluding hydrogens is 488 g/mol. The summed E-state index contributed by atoms with van der Waals surface area (Å²) in [5.41, 5.74) is 11.0. The predicted molar refractivity (Wildman–Crippen MR) is 166 cm³/mol. The second-order valence-electron chi connectivity index (χ2n) is 12.8. The summed E-state index contributed by atoms with van der Waals surface area (Å²) in [5, 5.41) is 2.22. The van der Waals surface area contributed by atoms with E-state index >= 15 is 0 Å². The zero-order valence-electron chi connectivity index (χ0n) is 24.5. The molecular formula is C37H37N2O+. The molecule has 0 saturated heterocycles. The molecule has 0 radical (unpaired) electrons. The van der Waals surface area contributed by atoms with Crippen LogP contribution in [0.2, 0.25) is 0 Å². The fourth-order valence-electron chi connectivity index (χ4n) is 5.54. The van der Waals surface area contributed by atoms with Gasteiger partial charge in [0.15, 0.2) is 6.20 Å². The Morgan fingerprint density at radius 3 is 2.08 bits per heavy atom. The number of fused-ring (bicyclic) bond motifs is 3. The van der Waals surface area contributed by atoms with Gasteiger partial charge in [-0.25, -0.2) is 4.57 Å². The summed E-state index contributed by atoms with van der Waals surface area (Å²) in [6.07, 6.45) is 4.04. The van der Waals surface area contributed by atoms with E-state index in [1.807, 2.05) is 30.5 Å². The first kappa shape index (κ1) is 26.0. The van der Waals surface area contributed by atoms with Crippen LogP contribution in [0.5, 0.6) is 0 Å². The lowest BCUT2D eigenvalue weighted by atomic mass is 9.81. The summed E-state index contributed by atoms with van der Waals surface area (Å²) >= 11 is 0. The van der Waals surface area contributed by atoms with Crippen LogP contribution in [0, 0.1) is 0 Å². The van der Waals surface area contributed by atoms with Crippen LogP contribution in [0.1, 0.15) is 52.7 Å². The zero-order valence-corrected chi connectivity index (χ0v) is 24.5. The van der Waals surface area contributed by atoms with Crippen molar-refractivity contribution in [3.8, 4) is 33.6 Å². The average molecular weight is 526 g/mol. The van der Waals surface area contributed by atoms with Crippen LogP contribution >= 0.6 is 0 Å². The first-order valence-electron chi connectivity index (χ1n) is 14.0. The van der Waals surface area contributed by atoms with Crippen LogP contribution in [-0.2, 0) is 17.9 Å². The van der Waals surface area contributed by atoms with Crippen LogP contribution in [0.25, 0.3) is 55.6 Å². The standard InChI is InChI=1S/C37H37N2O/c1-36(2,3)24-15-16-26(30(22-24)32-23-25(37(4,5)6)19-21-39(32)7)28-17-18-29-27-12-8-9-14-33(27)40-35(29)34(28)31-13-10-11-20-38-31/h8-23H,1-7H3/q+1. The highest BCUT2D eigenvalue weighted by molar-refractivity contribution is 6.13. The van der Waals surface area contributed by atoms with E-state index in [4.69, 9.17) is 9.40 Å². The number of aryl methyl sites for hydroxylation is 1. The molecule has 0 atom stereocenters. The molecule has 0 unspecified atom stereocenters. The highest BCUT2D eigenvalue weighted by Gasteiger charge is 2.26. The van der Waals surface area contributed by atoms with E-state index in [-0.39, 0.29) is 10.8 Å². The first-order chi connectivity index (χ1) is 19.0. The first-order valence-corrected chi connectivity index (χ1v) is 14.0. The minimum atomic E-state index is 0.0139. The molecule has 0 aliphatic carbocycles. The molecule has 0 amide bonds. The molecule has 3 aromatic carbocycles. The van der Waals surface area contributed by atoms with Gasteiger partial charge in [0.1, 0.15) is 18.2 Å². The predicted octanol–water partition coefficient (Wildman–Crippen LogP) is 9.40. The van der Waals surface area contributed by atoms with Crippen LogP contribution < -0.4 is 4.57 Å². The Kier molecular flexibility index (Phi) is 6.14. The number of furan rings is 1. The number of aromatic nitrogens is 2. The lowest BCUT2D eigenvalue weighted by molar-refractivity contribution is -0.660. The Morgan fingerprint density at radius 1 is 0.650 bits per heavy atom. The fourth-order valence-corrected chi connectivity index (χ4v) is 5.54. The van der Waals surface area contributed by atoms with E-state index in [0.29, 0.717) is 0 Å². The Balaban J connectivity index is 1.72. The van der Waals surface area contributed by atoms with Gasteiger partial charge in [0.25, 0.3) is 0 Å². The summed E-state index contributed by atoms with van der Waals surface area (Å²) in [6.45, 7) is 13.6. The molecule has 0 saturated carbocycles. The Morgan fingerprint density at radius 2 is 1.35 bits per heavy atom. The maximum atomic E-state index is 6.57. The molecule has 3 aromatic heterocycles. The third kappa shape index (κ3) is 4.50. The summed E-state index contributed by atoms with van der Waals surface area (Å²) in [6, 6.07) is 30.3. The monoisotopic (exact) mass is 525 g/mol. The number of hydrogen-bond acceptors (Lipinski definition) is 2. The van der Waals surface area contributed by atoms with Gasteiger partial charge in [0, 0.05) is 29.1 Å². The van der Waals surface area contributed by atoms with Crippen molar-refractivity contribution in [2.24, 2.45) is 7.05 Å². The van der Waals surface area contributed by atoms with Crippen LogP contribution in [0.3, 0.4) is 0 Å². The van der Waals surface area contributed by atoms with Gasteiger partial charge in [-0.1, -0.05) is 84.0 Å². The van der Waals surface area contributed by atoms with Gasteiger partial charge in [-0.2, -0.15) is 0 Å².